The maximum atomic E-state index is 12.1. The van der Waals surface area contributed by atoms with E-state index in [-0.39, 0.29) is 5.91 Å². The summed E-state index contributed by atoms with van der Waals surface area (Å²) in [5.41, 5.74) is 0. The third-order valence-corrected chi connectivity index (χ3v) is 3.82. The predicted octanol–water partition coefficient (Wildman–Crippen LogP) is 3.49. The first-order valence-corrected chi connectivity index (χ1v) is 7.15. The Morgan fingerprint density at radius 3 is 2.72 bits per heavy atom. The molecule has 18 heavy (non-hydrogen) atoms. The third kappa shape index (κ3) is 3.18. The second kappa shape index (κ2) is 5.93. The highest BCUT2D eigenvalue weighted by atomic mass is 79.9. The molecular formula is C13H15BrClNO2. The van der Waals surface area contributed by atoms with Gasteiger partial charge in [0.05, 0.1) is 4.47 Å². The van der Waals surface area contributed by atoms with Crippen LogP contribution in [0.3, 0.4) is 0 Å². The number of halogens is 2. The highest BCUT2D eigenvalue weighted by molar-refractivity contribution is 9.10. The Hall–Kier alpha value is -0.740. The zero-order chi connectivity index (χ0) is 13.1. The second-order valence-corrected chi connectivity index (χ2v) is 5.66. The van der Waals surface area contributed by atoms with Crippen molar-refractivity contribution in [3.8, 4) is 5.75 Å². The van der Waals surface area contributed by atoms with E-state index in [4.69, 9.17) is 16.3 Å². The van der Waals surface area contributed by atoms with Gasteiger partial charge >= 0.3 is 0 Å². The number of carbonyl (C=O) groups excluding carboxylic acids is 1. The van der Waals surface area contributed by atoms with Crippen LogP contribution in [0.5, 0.6) is 5.75 Å². The van der Waals surface area contributed by atoms with Crippen LogP contribution in [-0.4, -0.2) is 30.0 Å². The van der Waals surface area contributed by atoms with Crippen molar-refractivity contribution in [1.29, 1.82) is 0 Å². The van der Waals surface area contributed by atoms with E-state index in [0.717, 1.165) is 30.4 Å². The van der Waals surface area contributed by atoms with Crippen molar-refractivity contribution in [2.75, 3.05) is 13.1 Å². The number of amides is 1. The number of hydrogen-bond acceptors (Lipinski definition) is 2. The van der Waals surface area contributed by atoms with E-state index in [2.05, 4.69) is 15.9 Å². The normalized spacial score (nSPS) is 16.7. The number of ether oxygens (including phenoxy) is 1. The van der Waals surface area contributed by atoms with Crippen molar-refractivity contribution < 1.29 is 9.53 Å². The molecule has 0 radical (unpaired) electrons. The molecule has 98 valence electrons. The molecule has 1 fully saturated rings. The molecule has 0 saturated carbocycles. The van der Waals surface area contributed by atoms with E-state index in [1.165, 1.54) is 0 Å². The average Bonchev–Trinajstić information content (AvgIpc) is 2.85. The molecule has 1 heterocycles. The zero-order valence-electron chi connectivity index (χ0n) is 10.2. The largest absolute Gasteiger partial charge is 0.480 e. The standard InChI is InChI=1S/C13H15BrClNO2/c1-9(13(17)16-6-2-3-7-16)18-12-5-4-10(15)8-11(12)14/h4-5,8-9H,2-3,6-7H2,1H3/t9-/m1/s1. The molecule has 0 bridgehead atoms. The molecule has 0 spiro atoms. The molecule has 0 N–H and O–H groups in total. The van der Waals surface area contributed by atoms with Crippen molar-refractivity contribution in [2.45, 2.75) is 25.9 Å². The average molecular weight is 333 g/mol. The molecule has 1 atom stereocenters. The molecule has 1 aromatic carbocycles. The van der Waals surface area contributed by atoms with E-state index in [0.29, 0.717) is 10.8 Å². The minimum Gasteiger partial charge on any atom is -0.480 e. The minimum atomic E-state index is -0.472. The molecular weight excluding hydrogens is 318 g/mol. The Bertz CT molecular complexity index is 447. The lowest BCUT2D eigenvalue weighted by atomic mass is 10.3. The van der Waals surface area contributed by atoms with E-state index in [1.54, 1.807) is 25.1 Å². The van der Waals surface area contributed by atoms with Gasteiger partial charge in [0, 0.05) is 18.1 Å². The summed E-state index contributed by atoms with van der Waals surface area (Å²) in [5, 5.41) is 0.632. The monoisotopic (exact) mass is 331 g/mol. The third-order valence-electron chi connectivity index (χ3n) is 2.96. The molecule has 1 saturated heterocycles. The number of rotatable bonds is 3. The molecule has 2 rings (SSSR count). The quantitative estimate of drug-likeness (QED) is 0.848. The van der Waals surface area contributed by atoms with E-state index in [9.17, 15) is 4.79 Å². The van der Waals surface area contributed by atoms with Gasteiger partial charge in [-0.3, -0.25) is 4.79 Å². The zero-order valence-corrected chi connectivity index (χ0v) is 12.5. The van der Waals surface area contributed by atoms with Gasteiger partial charge in [0.1, 0.15) is 5.75 Å². The lowest BCUT2D eigenvalue weighted by molar-refractivity contribution is -0.136. The van der Waals surface area contributed by atoms with Crippen molar-refractivity contribution >= 4 is 33.4 Å². The topological polar surface area (TPSA) is 29.5 Å². The van der Waals surface area contributed by atoms with E-state index >= 15 is 0 Å². The van der Waals surface area contributed by atoms with Crippen LogP contribution in [0, 0.1) is 0 Å². The summed E-state index contributed by atoms with van der Waals surface area (Å²) in [6.45, 7) is 3.46. The maximum absolute atomic E-state index is 12.1. The van der Waals surface area contributed by atoms with Crippen LogP contribution in [-0.2, 0) is 4.79 Å². The summed E-state index contributed by atoms with van der Waals surface area (Å²) in [7, 11) is 0. The summed E-state index contributed by atoms with van der Waals surface area (Å²) >= 11 is 9.23. The van der Waals surface area contributed by atoms with Crippen LogP contribution in [0.2, 0.25) is 5.02 Å². The lowest BCUT2D eigenvalue weighted by Crippen LogP contribution is -2.38. The molecule has 1 aliphatic rings. The number of nitrogens with zero attached hydrogens (tertiary/aromatic N) is 1. The Kier molecular flexibility index (Phi) is 4.51. The van der Waals surface area contributed by atoms with Gasteiger partial charge in [-0.2, -0.15) is 0 Å². The number of likely N-dealkylation sites (tertiary alicyclic amines) is 1. The maximum Gasteiger partial charge on any atom is 0.263 e. The van der Waals surface area contributed by atoms with Crippen LogP contribution < -0.4 is 4.74 Å². The van der Waals surface area contributed by atoms with Gasteiger partial charge in [-0.15, -0.1) is 0 Å². The summed E-state index contributed by atoms with van der Waals surface area (Å²) in [5.74, 6) is 0.689. The van der Waals surface area contributed by atoms with Gasteiger partial charge in [0.2, 0.25) is 0 Å². The fourth-order valence-electron chi connectivity index (χ4n) is 2.01. The Morgan fingerprint density at radius 1 is 1.44 bits per heavy atom. The molecule has 1 aromatic rings. The number of benzene rings is 1. The fourth-order valence-corrected chi connectivity index (χ4v) is 2.78. The lowest BCUT2D eigenvalue weighted by Gasteiger charge is -2.21. The molecule has 0 aromatic heterocycles. The molecule has 0 aliphatic carbocycles. The van der Waals surface area contributed by atoms with Crippen molar-refractivity contribution in [2.24, 2.45) is 0 Å². The van der Waals surface area contributed by atoms with E-state index in [1.807, 2.05) is 4.90 Å². The molecule has 5 heteroatoms. The number of hydrogen-bond donors (Lipinski definition) is 0. The van der Waals surface area contributed by atoms with Gasteiger partial charge in [-0.05, 0) is 53.9 Å². The summed E-state index contributed by atoms with van der Waals surface area (Å²) in [4.78, 5) is 13.9. The highest BCUT2D eigenvalue weighted by Crippen LogP contribution is 2.29. The van der Waals surface area contributed by atoms with Crippen LogP contribution in [0.25, 0.3) is 0 Å². The highest BCUT2D eigenvalue weighted by Gasteiger charge is 2.24. The number of carbonyl (C=O) groups is 1. The molecule has 0 unspecified atom stereocenters. The molecule has 1 aliphatic heterocycles. The van der Waals surface area contributed by atoms with Gasteiger partial charge < -0.3 is 9.64 Å². The van der Waals surface area contributed by atoms with Gasteiger partial charge in [-0.25, -0.2) is 0 Å². The van der Waals surface area contributed by atoms with Gasteiger partial charge in [0.15, 0.2) is 6.10 Å². The van der Waals surface area contributed by atoms with Crippen molar-refractivity contribution in [3.63, 3.8) is 0 Å². The van der Waals surface area contributed by atoms with Gasteiger partial charge in [0.25, 0.3) is 5.91 Å². The van der Waals surface area contributed by atoms with Crippen LogP contribution in [0.1, 0.15) is 19.8 Å². The summed E-state index contributed by atoms with van der Waals surface area (Å²) < 4.78 is 6.44. The van der Waals surface area contributed by atoms with Crippen LogP contribution >= 0.6 is 27.5 Å². The summed E-state index contributed by atoms with van der Waals surface area (Å²) in [6.07, 6.45) is 1.70. The first-order valence-electron chi connectivity index (χ1n) is 5.98. The fraction of sp³-hybridized carbons (Fsp3) is 0.462. The van der Waals surface area contributed by atoms with Crippen LogP contribution in [0.15, 0.2) is 22.7 Å². The van der Waals surface area contributed by atoms with E-state index < -0.39 is 6.10 Å². The Balaban J connectivity index is 2.01. The van der Waals surface area contributed by atoms with Crippen molar-refractivity contribution in [1.82, 2.24) is 4.90 Å². The predicted molar refractivity (Wildman–Crippen MR) is 75.1 cm³/mol. The molecule has 1 amide bonds. The first-order chi connectivity index (χ1) is 8.58. The van der Waals surface area contributed by atoms with Crippen LogP contribution in [0.4, 0.5) is 0 Å². The second-order valence-electron chi connectivity index (χ2n) is 4.37. The Labute approximate surface area is 120 Å². The Morgan fingerprint density at radius 2 is 2.11 bits per heavy atom. The van der Waals surface area contributed by atoms with Crippen molar-refractivity contribution in [3.05, 3.63) is 27.7 Å². The molecule has 3 nitrogen and oxygen atoms in total. The minimum absolute atomic E-state index is 0.0503. The SMILES string of the molecule is C[C@@H](Oc1ccc(Cl)cc1Br)C(=O)N1CCCC1. The first kappa shape index (κ1) is 13.7. The smallest absolute Gasteiger partial charge is 0.263 e. The van der Waals surface area contributed by atoms with Gasteiger partial charge in [-0.1, -0.05) is 11.6 Å². The summed E-state index contributed by atoms with van der Waals surface area (Å²) in [6, 6.07) is 5.26.